The summed E-state index contributed by atoms with van der Waals surface area (Å²) in [6, 6.07) is 4.34. The topological polar surface area (TPSA) is 58.6 Å². The fourth-order valence-corrected chi connectivity index (χ4v) is 4.58. The van der Waals surface area contributed by atoms with E-state index in [4.69, 9.17) is 14.7 Å². The molecule has 0 unspecified atom stereocenters. The Morgan fingerprint density at radius 3 is 2.48 bits per heavy atom. The SMILES string of the molecule is CO[C@H]1CCCN(C(=O)C2CCN(c3nc(C)c4cc(C)c(C)cc4n3)CC2)C1. The lowest BCUT2D eigenvalue weighted by Crippen LogP contribution is -2.48. The van der Waals surface area contributed by atoms with Crippen molar-refractivity contribution in [3.05, 3.63) is 29.0 Å². The number of rotatable bonds is 3. The van der Waals surface area contributed by atoms with Crippen molar-refractivity contribution in [2.24, 2.45) is 5.92 Å². The van der Waals surface area contributed by atoms with E-state index in [1.54, 1.807) is 7.11 Å². The number of nitrogens with zero attached hydrogens (tertiary/aromatic N) is 4. The van der Waals surface area contributed by atoms with Crippen LogP contribution >= 0.6 is 0 Å². The number of anilines is 1. The van der Waals surface area contributed by atoms with Crippen LogP contribution in [0.4, 0.5) is 5.95 Å². The largest absolute Gasteiger partial charge is 0.380 e. The highest BCUT2D eigenvalue weighted by Crippen LogP contribution is 2.27. The van der Waals surface area contributed by atoms with Gasteiger partial charge in [0.15, 0.2) is 0 Å². The first kappa shape index (κ1) is 20.1. The summed E-state index contributed by atoms with van der Waals surface area (Å²) < 4.78 is 5.48. The van der Waals surface area contributed by atoms with Crippen molar-refractivity contribution < 1.29 is 9.53 Å². The van der Waals surface area contributed by atoms with Gasteiger partial charge in [-0.3, -0.25) is 4.79 Å². The minimum atomic E-state index is 0.105. The van der Waals surface area contributed by atoms with Gasteiger partial charge in [-0.1, -0.05) is 0 Å². The van der Waals surface area contributed by atoms with Crippen molar-refractivity contribution in [3.8, 4) is 0 Å². The van der Waals surface area contributed by atoms with Gasteiger partial charge in [0, 0.05) is 44.6 Å². The molecular weight excluding hydrogens is 364 g/mol. The van der Waals surface area contributed by atoms with Gasteiger partial charge in [0.2, 0.25) is 11.9 Å². The van der Waals surface area contributed by atoms with Gasteiger partial charge in [0.25, 0.3) is 0 Å². The number of ether oxygens (including phenoxy) is 1. The zero-order valence-electron chi connectivity index (χ0n) is 18.1. The first-order valence-corrected chi connectivity index (χ1v) is 10.8. The summed E-state index contributed by atoms with van der Waals surface area (Å²) in [7, 11) is 1.74. The standard InChI is InChI=1S/C23H32N4O2/c1-15-12-20-17(3)24-23(25-21(20)13-16(15)2)26-10-7-18(8-11-26)22(28)27-9-5-6-19(14-27)29-4/h12-13,18-19H,5-11,14H2,1-4H3/t19-/m0/s1. The number of hydrogen-bond donors (Lipinski definition) is 0. The molecule has 1 aromatic heterocycles. The van der Waals surface area contributed by atoms with Crippen molar-refractivity contribution in [2.75, 3.05) is 38.2 Å². The van der Waals surface area contributed by atoms with E-state index < -0.39 is 0 Å². The quantitative estimate of drug-likeness (QED) is 0.796. The minimum Gasteiger partial charge on any atom is -0.380 e. The number of carbonyl (C=O) groups is 1. The average Bonchev–Trinajstić information content (AvgIpc) is 2.74. The minimum absolute atomic E-state index is 0.105. The lowest BCUT2D eigenvalue weighted by Gasteiger charge is -2.37. The number of fused-ring (bicyclic) bond motifs is 1. The molecule has 2 aromatic rings. The Morgan fingerprint density at radius 2 is 1.76 bits per heavy atom. The average molecular weight is 397 g/mol. The monoisotopic (exact) mass is 396 g/mol. The molecule has 2 aliphatic rings. The van der Waals surface area contributed by atoms with Gasteiger partial charge in [-0.05, 0) is 69.7 Å². The normalized spacial score (nSPS) is 21.0. The summed E-state index contributed by atoms with van der Waals surface area (Å²) >= 11 is 0. The fourth-order valence-electron chi connectivity index (χ4n) is 4.58. The van der Waals surface area contributed by atoms with Gasteiger partial charge in [-0.25, -0.2) is 9.97 Å². The lowest BCUT2D eigenvalue weighted by atomic mass is 9.94. The summed E-state index contributed by atoms with van der Waals surface area (Å²) in [4.78, 5) is 26.9. The van der Waals surface area contributed by atoms with Crippen LogP contribution in [-0.2, 0) is 9.53 Å². The lowest BCUT2D eigenvalue weighted by molar-refractivity contribution is -0.139. The summed E-state index contributed by atoms with van der Waals surface area (Å²) in [6.07, 6.45) is 4.00. The number of carbonyl (C=O) groups excluding carboxylic acids is 1. The molecule has 3 heterocycles. The number of hydrogen-bond acceptors (Lipinski definition) is 5. The van der Waals surface area contributed by atoms with Crippen LogP contribution in [0, 0.1) is 26.7 Å². The number of likely N-dealkylation sites (tertiary alicyclic amines) is 1. The van der Waals surface area contributed by atoms with E-state index in [1.165, 1.54) is 11.1 Å². The number of aryl methyl sites for hydroxylation is 3. The summed E-state index contributed by atoms with van der Waals surface area (Å²) in [5, 5.41) is 1.12. The summed E-state index contributed by atoms with van der Waals surface area (Å²) in [5.41, 5.74) is 4.55. The Kier molecular flexibility index (Phi) is 5.72. The van der Waals surface area contributed by atoms with Gasteiger partial charge in [0.05, 0.1) is 17.3 Å². The first-order chi connectivity index (χ1) is 14.0. The van der Waals surface area contributed by atoms with E-state index in [1.807, 2.05) is 4.90 Å². The Hall–Kier alpha value is -2.21. The maximum absolute atomic E-state index is 13.0. The molecule has 4 rings (SSSR count). The second-order valence-corrected chi connectivity index (χ2v) is 8.61. The highest BCUT2D eigenvalue weighted by molar-refractivity contribution is 5.83. The van der Waals surface area contributed by atoms with Crippen molar-refractivity contribution in [1.29, 1.82) is 0 Å². The molecular formula is C23H32N4O2. The molecule has 1 amide bonds. The van der Waals surface area contributed by atoms with Gasteiger partial charge in [-0.2, -0.15) is 0 Å². The highest BCUT2D eigenvalue weighted by atomic mass is 16.5. The Labute approximate surface area is 173 Å². The van der Waals surface area contributed by atoms with E-state index >= 15 is 0 Å². The highest BCUT2D eigenvalue weighted by Gasteiger charge is 2.32. The maximum Gasteiger partial charge on any atom is 0.226 e. The third-order valence-electron chi connectivity index (χ3n) is 6.64. The van der Waals surface area contributed by atoms with Crippen LogP contribution in [0.2, 0.25) is 0 Å². The van der Waals surface area contributed by atoms with Crippen LogP contribution in [0.1, 0.15) is 42.5 Å². The molecule has 6 heteroatoms. The van der Waals surface area contributed by atoms with Crippen molar-refractivity contribution in [2.45, 2.75) is 52.6 Å². The number of piperidine rings is 2. The molecule has 2 aliphatic heterocycles. The van der Waals surface area contributed by atoms with E-state index in [0.717, 1.165) is 74.4 Å². The molecule has 0 N–H and O–H groups in total. The number of amides is 1. The number of methoxy groups -OCH3 is 1. The van der Waals surface area contributed by atoms with Crippen LogP contribution in [0.25, 0.3) is 10.9 Å². The molecule has 0 bridgehead atoms. The molecule has 0 spiro atoms. The molecule has 1 aromatic carbocycles. The third-order valence-corrected chi connectivity index (χ3v) is 6.64. The molecule has 2 saturated heterocycles. The fraction of sp³-hybridized carbons (Fsp3) is 0.609. The van der Waals surface area contributed by atoms with Gasteiger partial charge in [-0.15, -0.1) is 0 Å². The van der Waals surface area contributed by atoms with Crippen molar-refractivity contribution in [1.82, 2.24) is 14.9 Å². The second-order valence-electron chi connectivity index (χ2n) is 8.61. The number of benzene rings is 1. The van der Waals surface area contributed by atoms with Crippen molar-refractivity contribution in [3.63, 3.8) is 0 Å². The van der Waals surface area contributed by atoms with Crippen LogP contribution in [-0.4, -0.2) is 60.2 Å². The Balaban J connectivity index is 1.44. The first-order valence-electron chi connectivity index (χ1n) is 10.8. The van der Waals surface area contributed by atoms with E-state index in [-0.39, 0.29) is 12.0 Å². The van der Waals surface area contributed by atoms with Crippen molar-refractivity contribution >= 4 is 22.8 Å². The number of aromatic nitrogens is 2. The zero-order chi connectivity index (χ0) is 20.5. The van der Waals surface area contributed by atoms with Crippen LogP contribution in [0.15, 0.2) is 12.1 Å². The molecule has 0 aliphatic carbocycles. The van der Waals surface area contributed by atoms with Gasteiger partial charge in [0.1, 0.15) is 0 Å². The Bertz CT molecular complexity index is 905. The molecule has 0 saturated carbocycles. The second kappa shape index (κ2) is 8.27. The van der Waals surface area contributed by atoms with Gasteiger partial charge >= 0.3 is 0 Å². The predicted octanol–water partition coefficient (Wildman–Crippen LogP) is 3.41. The molecule has 1 atom stereocenters. The zero-order valence-corrected chi connectivity index (χ0v) is 18.1. The van der Waals surface area contributed by atoms with E-state index in [9.17, 15) is 4.79 Å². The molecule has 0 radical (unpaired) electrons. The van der Waals surface area contributed by atoms with Crippen LogP contribution < -0.4 is 4.90 Å². The molecule has 6 nitrogen and oxygen atoms in total. The van der Waals surface area contributed by atoms with E-state index in [2.05, 4.69) is 37.8 Å². The molecule has 2 fully saturated rings. The smallest absolute Gasteiger partial charge is 0.226 e. The maximum atomic E-state index is 13.0. The molecule has 29 heavy (non-hydrogen) atoms. The third kappa shape index (κ3) is 4.08. The summed E-state index contributed by atoms with van der Waals surface area (Å²) in [5.74, 6) is 1.20. The van der Waals surface area contributed by atoms with Crippen LogP contribution in [0.3, 0.4) is 0 Å². The molecule has 156 valence electrons. The van der Waals surface area contributed by atoms with E-state index in [0.29, 0.717) is 5.91 Å². The predicted molar refractivity (Wildman–Crippen MR) is 115 cm³/mol. The summed E-state index contributed by atoms with van der Waals surface area (Å²) in [6.45, 7) is 9.56. The van der Waals surface area contributed by atoms with Gasteiger partial charge < -0.3 is 14.5 Å². The van der Waals surface area contributed by atoms with Crippen LogP contribution in [0.5, 0.6) is 0 Å². The Morgan fingerprint density at radius 1 is 1.03 bits per heavy atom.